The number of aryl methyl sites for hydroxylation is 2. The number of carbonyl (C=O) groups is 5. The predicted molar refractivity (Wildman–Crippen MR) is 575 cm³/mol. The Hall–Kier alpha value is -14.7. The third-order valence-electron chi connectivity index (χ3n) is 31.6. The molecule has 147 heavy (non-hydrogen) atoms. The van der Waals surface area contributed by atoms with Gasteiger partial charge in [-0.05, 0) is 237 Å². The van der Waals surface area contributed by atoms with E-state index < -0.39 is 0 Å². The second kappa shape index (κ2) is 45.1. The third-order valence-corrected chi connectivity index (χ3v) is 31.6. The highest BCUT2D eigenvalue weighted by atomic mass is 16.2. The molecule has 20 heterocycles. The molecule has 7 aliphatic rings. The minimum absolute atomic E-state index is 0.251. The quantitative estimate of drug-likeness (QED) is 0.0397. The van der Waals surface area contributed by atoms with Gasteiger partial charge >= 0.3 is 0 Å². The van der Waals surface area contributed by atoms with E-state index in [-0.39, 0.29) is 35.0 Å². The van der Waals surface area contributed by atoms with E-state index in [9.17, 15) is 24.0 Å². The Morgan fingerprint density at radius 2 is 0.544 bits per heavy atom. The number of H-pyrrole nitrogens is 5. The van der Waals surface area contributed by atoms with E-state index in [4.69, 9.17) is 24.9 Å². The van der Waals surface area contributed by atoms with Crippen LogP contribution in [-0.2, 0) is 69.5 Å². The molecule has 0 spiro atoms. The Labute approximate surface area is 858 Å². The first-order valence-corrected chi connectivity index (χ1v) is 53.4. The van der Waals surface area contributed by atoms with Crippen LogP contribution in [0.4, 0.5) is 0 Å². The minimum Gasteiger partial charge on any atom is -0.346 e. The zero-order chi connectivity index (χ0) is 101. The van der Waals surface area contributed by atoms with E-state index >= 15 is 0 Å². The molecule has 0 bridgehead atoms. The van der Waals surface area contributed by atoms with Gasteiger partial charge in [0.2, 0.25) is 29.5 Å². The van der Waals surface area contributed by atoms with Gasteiger partial charge in [-0.3, -0.25) is 49.5 Å². The van der Waals surface area contributed by atoms with Gasteiger partial charge in [0.05, 0.1) is 115 Å². The highest BCUT2D eigenvalue weighted by molar-refractivity contribution is 5.86. The lowest BCUT2D eigenvalue weighted by Gasteiger charge is -2.29. The topological polar surface area (TPSA) is 334 Å². The van der Waals surface area contributed by atoms with Gasteiger partial charge in [-0.2, -0.15) is 25.5 Å². The molecule has 762 valence electrons. The number of fused-ring (bicyclic) bond motifs is 5. The van der Waals surface area contributed by atoms with Gasteiger partial charge < -0.3 is 47.3 Å². The summed E-state index contributed by atoms with van der Waals surface area (Å²) in [6, 6.07) is 53.4. The lowest BCUT2D eigenvalue weighted by Crippen LogP contribution is -2.41. The number of rotatable bonds is 23. The van der Waals surface area contributed by atoms with Crippen molar-refractivity contribution in [3.63, 3.8) is 0 Å². The number of likely N-dealkylation sites (tertiary alicyclic amines) is 5. The summed E-state index contributed by atoms with van der Waals surface area (Å²) in [5.41, 5.74) is 22.4. The van der Waals surface area contributed by atoms with E-state index in [0.717, 1.165) is 248 Å². The highest BCUT2D eigenvalue weighted by Gasteiger charge is 2.42. The van der Waals surface area contributed by atoms with Crippen molar-refractivity contribution in [3.05, 3.63) is 256 Å². The van der Waals surface area contributed by atoms with Crippen LogP contribution in [0.2, 0.25) is 0 Å². The first kappa shape index (κ1) is 99.6. The molecule has 24 rings (SSSR count). The summed E-state index contributed by atoms with van der Waals surface area (Å²) >= 11 is 0. The van der Waals surface area contributed by atoms with Crippen molar-refractivity contribution >= 4 is 84.7 Å². The maximum Gasteiger partial charge on any atom is 0.228 e. The van der Waals surface area contributed by atoms with Crippen LogP contribution in [0.1, 0.15) is 176 Å². The average Bonchev–Trinajstić information content (AvgIpc) is 1.66. The fraction of sp³-hybridized carbons (Fsp3) is 0.427. The molecule has 5 aliphatic heterocycles. The second-order valence-corrected chi connectivity index (χ2v) is 43.5. The zero-order valence-electron chi connectivity index (χ0n) is 86.0. The summed E-state index contributed by atoms with van der Waals surface area (Å²) < 4.78 is 11.4. The Morgan fingerprint density at radius 1 is 0.299 bits per heavy atom. The standard InChI is InChI=1S/2C25H27N5O.2C23H29N5O.C21H27N5O/c2*1-18-13-20(17-30(18)25(31)10-7-19-5-3-2-4-6-19)16-29-12-11-23-24(29)9-8-22(28-23)21-14-26-27-15-21;2*1-16-11-17(15-28(16)23(29)18-5-3-2-4-6-18)14-27-10-9-21-22(27)8-7-20(26-21)19-12-24-25-13-19;1-14-9-15(13-26(14)20(27)21(2,3)4)12-25-8-7-18-19(25)6-5-17(24-18)16-10-22-23-11-16/h2*2-6,8-9,11-12,14-15,18,20H,7,10,13,16-17H2,1H3,(H,26,27);2*7-10,12-13,16-18H,2-6,11,14-15H2,1H3,(H,24,25);5-8,10-11,14-15H,9,12-13H2,1-4H3,(H,22,23)/t2*18-,20?;2*16-,17?;14-,15?/m10101/s1. The van der Waals surface area contributed by atoms with Gasteiger partial charge in [0, 0.05) is 216 Å². The van der Waals surface area contributed by atoms with Gasteiger partial charge in [0.1, 0.15) is 0 Å². The largest absolute Gasteiger partial charge is 0.346 e. The lowest BCUT2D eigenvalue weighted by molar-refractivity contribution is -0.140. The van der Waals surface area contributed by atoms with Crippen LogP contribution in [-0.4, -0.2) is 216 Å². The van der Waals surface area contributed by atoms with Gasteiger partial charge in [-0.1, -0.05) is 120 Å². The molecule has 30 heteroatoms. The summed E-state index contributed by atoms with van der Waals surface area (Å²) in [6.45, 7) is 25.8. The summed E-state index contributed by atoms with van der Waals surface area (Å²) in [5, 5.41) is 34.2. The van der Waals surface area contributed by atoms with E-state index in [0.29, 0.717) is 84.5 Å². The molecule has 10 atom stereocenters. The second-order valence-electron chi connectivity index (χ2n) is 43.5. The van der Waals surface area contributed by atoms with Crippen LogP contribution in [0, 0.1) is 46.8 Å². The van der Waals surface area contributed by atoms with Crippen LogP contribution >= 0.6 is 0 Å². The van der Waals surface area contributed by atoms with E-state index in [1.807, 2.05) is 106 Å². The summed E-state index contributed by atoms with van der Waals surface area (Å²) in [4.78, 5) is 98.9. The van der Waals surface area contributed by atoms with Gasteiger partial charge in [0.25, 0.3) is 0 Å². The number of aromatic amines is 5. The van der Waals surface area contributed by atoms with Crippen LogP contribution in [0.5, 0.6) is 0 Å². The highest BCUT2D eigenvalue weighted by Crippen LogP contribution is 2.39. The van der Waals surface area contributed by atoms with Crippen molar-refractivity contribution in [1.29, 1.82) is 0 Å². The van der Waals surface area contributed by atoms with Crippen molar-refractivity contribution in [2.45, 2.75) is 240 Å². The minimum atomic E-state index is -0.323. The van der Waals surface area contributed by atoms with Crippen molar-refractivity contribution in [1.82, 2.24) is 123 Å². The monoisotopic (exact) mass is 1970 g/mol. The Balaban J connectivity index is 0.000000112. The summed E-state index contributed by atoms with van der Waals surface area (Å²) in [5.74, 6) is 4.52. The van der Waals surface area contributed by atoms with Crippen LogP contribution < -0.4 is 0 Å². The SMILES string of the molecule is C[C@@H]1CC(Cn2ccc3nc(-c4cn[nH]c4)ccc32)CN1C(=O)C(C)(C)C.C[C@@H]1CC(Cn2ccc3nc(-c4cn[nH]c4)ccc32)CN1C(=O)C1CCCCC1.C[C@@H]1CC(Cn2ccc3nc(-c4cn[nH]c4)ccc32)CN1C(=O)CCc1ccccc1.C[C@H]1CC(Cn2ccc3nc(-c4cn[nH]c4)ccc32)CN1C(=O)C1CCCCC1.C[C@H]1CC(Cn2ccc3nc(-c4cn[nH]c4)ccc32)CN1C(=O)CCc1ccccc1. The van der Waals surface area contributed by atoms with Crippen LogP contribution in [0.3, 0.4) is 0 Å². The fourth-order valence-corrected chi connectivity index (χ4v) is 24.0. The molecular formula is C117H139N25O5. The van der Waals surface area contributed by atoms with E-state index in [2.05, 4.69) is 261 Å². The van der Waals surface area contributed by atoms with Crippen molar-refractivity contribution in [2.75, 3.05) is 32.7 Å². The molecule has 0 radical (unpaired) electrons. The number of hydrogen-bond acceptors (Lipinski definition) is 15. The Kier molecular flexibility index (Phi) is 30.6. The normalized spacial score (nSPS) is 20.8. The number of nitrogens with zero attached hydrogens (tertiary/aromatic N) is 20. The van der Waals surface area contributed by atoms with Crippen LogP contribution in [0.15, 0.2) is 245 Å². The molecule has 2 aliphatic carbocycles. The molecule has 17 aromatic rings. The zero-order valence-corrected chi connectivity index (χ0v) is 86.0. The summed E-state index contributed by atoms with van der Waals surface area (Å²) in [7, 11) is 0. The number of pyridine rings is 5. The molecule has 2 saturated carbocycles. The van der Waals surface area contributed by atoms with Gasteiger partial charge in [0.15, 0.2) is 0 Å². The fourth-order valence-electron chi connectivity index (χ4n) is 24.0. The maximum absolute atomic E-state index is 13.0. The maximum atomic E-state index is 13.0. The predicted octanol–water partition coefficient (Wildman–Crippen LogP) is 20.8. The van der Waals surface area contributed by atoms with E-state index in [1.165, 1.54) is 49.7 Å². The number of carbonyl (C=O) groups excluding carboxylic acids is 5. The molecule has 15 aromatic heterocycles. The Morgan fingerprint density at radius 3 is 0.796 bits per heavy atom. The molecular weight excluding hydrogens is 1840 g/mol. The summed E-state index contributed by atoms with van der Waals surface area (Å²) in [6.07, 6.45) is 48.7. The number of hydrogen-bond donors (Lipinski definition) is 5. The van der Waals surface area contributed by atoms with E-state index in [1.54, 1.807) is 31.0 Å². The molecule has 5 amide bonds. The number of nitrogens with one attached hydrogen (secondary N) is 5. The molecule has 7 fully saturated rings. The first-order valence-electron chi connectivity index (χ1n) is 53.4. The lowest BCUT2D eigenvalue weighted by atomic mass is 9.88. The van der Waals surface area contributed by atoms with Crippen LogP contribution in [0.25, 0.3) is 111 Å². The average molecular weight is 1980 g/mol. The third kappa shape index (κ3) is 23.4. The molecule has 5 saturated heterocycles. The smallest absolute Gasteiger partial charge is 0.228 e. The number of amides is 5. The van der Waals surface area contributed by atoms with Crippen molar-refractivity contribution in [3.8, 4) is 56.3 Å². The first-order chi connectivity index (χ1) is 71.5. The van der Waals surface area contributed by atoms with Gasteiger partial charge in [-0.15, -0.1) is 0 Å². The Bertz CT molecular complexity index is 6890. The molecule has 5 N–H and O–H groups in total. The van der Waals surface area contributed by atoms with Crippen molar-refractivity contribution < 1.29 is 24.0 Å². The molecule has 2 aromatic carbocycles. The number of benzene rings is 2. The molecule has 30 nitrogen and oxygen atoms in total. The van der Waals surface area contributed by atoms with Crippen molar-refractivity contribution in [2.24, 2.45) is 46.8 Å². The number of aromatic nitrogens is 20. The van der Waals surface area contributed by atoms with Gasteiger partial charge in [-0.25, -0.2) is 24.9 Å². The molecule has 5 unspecified atom stereocenters.